The Morgan fingerprint density at radius 1 is 0.829 bits per heavy atom. The zero-order valence-electron chi connectivity index (χ0n) is 21.2. The van der Waals surface area contributed by atoms with Gasteiger partial charge in [-0.1, -0.05) is 64.1 Å². The Labute approximate surface area is 210 Å². The standard InChI is InChI=1S/C27H34N4O3S/c1-17(2)21-13-10-14-22(18(3)4)26(21)29-24(33)16-35-15-23(32)28-25-19(5)30(6)31(27(25)34)20-11-8-7-9-12-20/h7-14,17-18H,15-16H2,1-6H3,(H,28,32)(H,29,33). The summed E-state index contributed by atoms with van der Waals surface area (Å²) in [5.41, 5.74) is 4.40. The number of hydrogen-bond acceptors (Lipinski definition) is 4. The van der Waals surface area contributed by atoms with Gasteiger partial charge in [0.1, 0.15) is 5.69 Å². The van der Waals surface area contributed by atoms with Crippen LogP contribution in [0.15, 0.2) is 53.3 Å². The second-order valence-electron chi connectivity index (χ2n) is 9.15. The van der Waals surface area contributed by atoms with Gasteiger partial charge >= 0.3 is 0 Å². The van der Waals surface area contributed by atoms with Crippen molar-refractivity contribution in [1.82, 2.24) is 9.36 Å². The molecule has 2 N–H and O–H groups in total. The minimum Gasteiger partial charge on any atom is -0.325 e. The van der Waals surface area contributed by atoms with E-state index in [1.54, 1.807) is 18.7 Å². The Morgan fingerprint density at radius 2 is 1.34 bits per heavy atom. The highest BCUT2D eigenvalue weighted by molar-refractivity contribution is 8.00. The average Bonchev–Trinajstić information content (AvgIpc) is 3.02. The molecule has 1 heterocycles. The molecule has 0 aliphatic rings. The molecule has 0 spiro atoms. The molecule has 35 heavy (non-hydrogen) atoms. The van der Waals surface area contributed by atoms with E-state index < -0.39 is 0 Å². The number of nitrogens with one attached hydrogen (secondary N) is 2. The maximum atomic E-state index is 13.0. The molecule has 2 amide bonds. The Hall–Kier alpha value is -3.26. The molecule has 2 aromatic carbocycles. The number of carbonyl (C=O) groups is 2. The van der Waals surface area contributed by atoms with E-state index in [2.05, 4.69) is 38.3 Å². The summed E-state index contributed by atoms with van der Waals surface area (Å²) in [6.45, 7) is 10.2. The Kier molecular flexibility index (Phi) is 8.62. The fourth-order valence-corrected chi connectivity index (χ4v) is 4.61. The number of nitrogens with zero attached hydrogens (tertiary/aromatic N) is 2. The van der Waals surface area contributed by atoms with E-state index in [0.717, 1.165) is 22.5 Å². The number of thioether (sulfide) groups is 1. The number of hydrogen-bond donors (Lipinski definition) is 2. The third-order valence-electron chi connectivity index (χ3n) is 5.92. The highest BCUT2D eigenvalue weighted by Crippen LogP contribution is 2.32. The third kappa shape index (κ3) is 6.06. The predicted molar refractivity (Wildman–Crippen MR) is 145 cm³/mol. The SMILES string of the molecule is Cc1c(NC(=O)CSCC(=O)Nc2c(C(C)C)cccc2C(C)C)c(=O)n(-c2ccccc2)n1C. The van der Waals surface area contributed by atoms with E-state index >= 15 is 0 Å². The van der Waals surface area contributed by atoms with Crippen LogP contribution in [0.2, 0.25) is 0 Å². The second-order valence-corrected chi connectivity index (χ2v) is 10.1. The van der Waals surface area contributed by atoms with Crippen molar-refractivity contribution in [3.63, 3.8) is 0 Å². The lowest BCUT2D eigenvalue weighted by Crippen LogP contribution is -2.24. The zero-order chi connectivity index (χ0) is 25.7. The average molecular weight is 495 g/mol. The number of anilines is 2. The van der Waals surface area contributed by atoms with E-state index in [1.165, 1.54) is 16.4 Å². The van der Waals surface area contributed by atoms with Crippen LogP contribution in [-0.2, 0) is 16.6 Å². The molecule has 0 aliphatic carbocycles. The largest absolute Gasteiger partial charge is 0.325 e. The second kappa shape index (κ2) is 11.4. The molecule has 0 aliphatic heterocycles. The van der Waals surface area contributed by atoms with Gasteiger partial charge in [-0.2, -0.15) is 0 Å². The maximum absolute atomic E-state index is 13.0. The number of amides is 2. The van der Waals surface area contributed by atoms with Crippen LogP contribution in [0.1, 0.15) is 56.4 Å². The van der Waals surface area contributed by atoms with Crippen LogP contribution in [0.25, 0.3) is 5.69 Å². The molecular weight excluding hydrogens is 460 g/mol. The van der Waals surface area contributed by atoms with Crippen molar-refractivity contribution in [3.05, 3.63) is 75.7 Å². The molecule has 8 heteroatoms. The lowest BCUT2D eigenvalue weighted by Gasteiger charge is -2.20. The molecule has 0 radical (unpaired) electrons. The first-order valence-electron chi connectivity index (χ1n) is 11.8. The van der Waals surface area contributed by atoms with Crippen molar-refractivity contribution in [3.8, 4) is 5.69 Å². The van der Waals surface area contributed by atoms with Gasteiger partial charge in [0.05, 0.1) is 22.9 Å². The quantitative estimate of drug-likeness (QED) is 0.436. The van der Waals surface area contributed by atoms with Crippen LogP contribution >= 0.6 is 11.8 Å². The topological polar surface area (TPSA) is 85.1 Å². The van der Waals surface area contributed by atoms with Crippen molar-refractivity contribution in [1.29, 1.82) is 0 Å². The molecule has 7 nitrogen and oxygen atoms in total. The summed E-state index contributed by atoms with van der Waals surface area (Å²) in [4.78, 5) is 38.2. The van der Waals surface area contributed by atoms with Gasteiger partial charge in [0.15, 0.2) is 0 Å². The first-order valence-corrected chi connectivity index (χ1v) is 12.9. The minimum absolute atomic E-state index is 0.0649. The maximum Gasteiger partial charge on any atom is 0.295 e. The lowest BCUT2D eigenvalue weighted by atomic mass is 9.92. The van der Waals surface area contributed by atoms with Crippen molar-refractivity contribution in [2.75, 3.05) is 22.1 Å². The first-order chi connectivity index (χ1) is 16.6. The van der Waals surface area contributed by atoms with Gasteiger partial charge in [0.2, 0.25) is 11.8 Å². The van der Waals surface area contributed by atoms with E-state index in [0.29, 0.717) is 5.69 Å². The molecule has 0 saturated heterocycles. The highest BCUT2D eigenvalue weighted by Gasteiger charge is 2.19. The number of carbonyl (C=O) groups excluding carboxylic acids is 2. The minimum atomic E-state index is -0.320. The van der Waals surface area contributed by atoms with E-state index in [4.69, 9.17) is 0 Å². The van der Waals surface area contributed by atoms with Gasteiger partial charge in [-0.3, -0.25) is 19.1 Å². The molecule has 3 aromatic rings. The van der Waals surface area contributed by atoms with Gasteiger partial charge in [-0.15, -0.1) is 11.8 Å². The highest BCUT2D eigenvalue weighted by atomic mass is 32.2. The van der Waals surface area contributed by atoms with E-state index in [9.17, 15) is 14.4 Å². The van der Waals surface area contributed by atoms with Crippen LogP contribution in [0.3, 0.4) is 0 Å². The molecule has 3 rings (SSSR count). The van der Waals surface area contributed by atoms with E-state index in [1.807, 2.05) is 48.5 Å². The molecular formula is C27H34N4O3S. The van der Waals surface area contributed by atoms with Crippen LogP contribution in [0.5, 0.6) is 0 Å². The molecule has 0 unspecified atom stereocenters. The lowest BCUT2D eigenvalue weighted by molar-refractivity contribution is -0.114. The van der Waals surface area contributed by atoms with Crippen molar-refractivity contribution in [2.24, 2.45) is 7.05 Å². The van der Waals surface area contributed by atoms with Crippen LogP contribution in [0.4, 0.5) is 11.4 Å². The molecule has 0 saturated carbocycles. The van der Waals surface area contributed by atoms with Crippen LogP contribution in [0, 0.1) is 6.92 Å². The molecule has 0 fully saturated rings. The number of benzene rings is 2. The summed E-state index contributed by atoms with van der Waals surface area (Å²) in [5, 5.41) is 5.80. The summed E-state index contributed by atoms with van der Waals surface area (Å²) in [7, 11) is 1.78. The van der Waals surface area contributed by atoms with Crippen molar-refractivity contribution >= 4 is 35.0 Å². The van der Waals surface area contributed by atoms with Crippen molar-refractivity contribution in [2.45, 2.75) is 46.5 Å². The van der Waals surface area contributed by atoms with Gasteiger partial charge < -0.3 is 10.6 Å². The predicted octanol–water partition coefficient (Wildman–Crippen LogP) is 5.04. The normalized spacial score (nSPS) is 11.2. The van der Waals surface area contributed by atoms with Gasteiger partial charge in [0.25, 0.3) is 5.56 Å². The monoisotopic (exact) mass is 494 g/mol. The number of aromatic nitrogens is 2. The van der Waals surface area contributed by atoms with Gasteiger partial charge in [-0.05, 0) is 42.0 Å². The van der Waals surface area contributed by atoms with Crippen LogP contribution < -0.4 is 16.2 Å². The summed E-state index contributed by atoms with van der Waals surface area (Å²) >= 11 is 1.22. The fourth-order valence-electron chi connectivity index (χ4n) is 4.00. The third-order valence-corrected chi connectivity index (χ3v) is 6.85. The van der Waals surface area contributed by atoms with E-state index in [-0.39, 0.29) is 46.4 Å². The summed E-state index contributed by atoms with van der Waals surface area (Å²) in [5.74, 6) is 0.279. The molecule has 186 valence electrons. The van der Waals surface area contributed by atoms with Gasteiger partial charge in [-0.25, -0.2) is 4.68 Å². The number of rotatable bonds is 9. The number of para-hydroxylation sites is 2. The Balaban J connectivity index is 1.63. The van der Waals surface area contributed by atoms with Crippen molar-refractivity contribution < 1.29 is 9.59 Å². The molecule has 0 bridgehead atoms. The fraction of sp³-hybridized carbons (Fsp3) is 0.370. The first kappa shape index (κ1) is 26.3. The summed E-state index contributed by atoms with van der Waals surface area (Å²) in [6, 6.07) is 15.4. The summed E-state index contributed by atoms with van der Waals surface area (Å²) < 4.78 is 3.23. The Bertz CT molecular complexity index is 1230. The zero-order valence-corrected chi connectivity index (χ0v) is 22.0. The molecule has 1 aromatic heterocycles. The van der Waals surface area contributed by atoms with Crippen LogP contribution in [-0.4, -0.2) is 32.7 Å². The summed E-state index contributed by atoms with van der Waals surface area (Å²) in [6.07, 6.45) is 0. The molecule has 0 atom stereocenters. The van der Waals surface area contributed by atoms with Gasteiger partial charge in [0, 0.05) is 12.7 Å². The Morgan fingerprint density at radius 3 is 1.86 bits per heavy atom. The smallest absolute Gasteiger partial charge is 0.295 e.